The van der Waals surface area contributed by atoms with E-state index in [4.69, 9.17) is 9.47 Å². The number of methoxy groups -OCH3 is 1. The third-order valence-corrected chi connectivity index (χ3v) is 5.13. The van der Waals surface area contributed by atoms with Crippen LogP contribution in [0.2, 0.25) is 0 Å². The number of hydrogen-bond donors (Lipinski definition) is 0. The van der Waals surface area contributed by atoms with Gasteiger partial charge in [0.2, 0.25) is 15.9 Å². The van der Waals surface area contributed by atoms with Crippen molar-refractivity contribution in [1.29, 1.82) is 0 Å². The fourth-order valence-corrected chi connectivity index (χ4v) is 3.04. The van der Waals surface area contributed by atoms with Crippen LogP contribution in [-0.4, -0.2) is 45.0 Å². The normalized spacial score (nSPS) is 11.5. The van der Waals surface area contributed by atoms with Gasteiger partial charge in [0.1, 0.15) is 17.3 Å². The number of likely N-dealkylation sites (N-methyl/N-ethyl adjacent to an activating group) is 1. The maximum Gasteiger partial charge on any atom is 0.244 e. The molecule has 0 amide bonds. The first kappa shape index (κ1) is 17.2. The summed E-state index contributed by atoms with van der Waals surface area (Å²) in [6, 6.07) is 10.6. The van der Waals surface area contributed by atoms with E-state index in [9.17, 15) is 8.42 Å². The molecule has 0 unspecified atom stereocenters. The van der Waals surface area contributed by atoms with Crippen LogP contribution in [0.4, 0.5) is 0 Å². The molecule has 0 saturated carbocycles. The maximum atomic E-state index is 12.4. The molecule has 0 aliphatic heterocycles. The highest BCUT2D eigenvalue weighted by Crippen LogP contribution is 2.16. The highest BCUT2D eigenvalue weighted by atomic mass is 32.2. The first-order valence-electron chi connectivity index (χ1n) is 7.09. The second-order valence-electron chi connectivity index (χ2n) is 5.03. The molecule has 124 valence electrons. The summed E-state index contributed by atoms with van der Waals surface area (Å²) in [4.78, 5) is 4.05. The van der Waals surface area contributed by atoms with Crippen molar-refractivity contribution < 1.29 is 17.9 Å². The number of aromatic nitrogens is 1. The van der Waals surface area contributed by atoms with Crippen molar-refractivity contribution in [3.8, 4) is 11.6 Å². The second-order valence-corrected chi connectivity index (χ2v) is 7.07. The number of hydrogen-bond acceptors (Lipinski definition) is 5. The summed E-state index contributed by atoms with van der Waals surface area (Å²) < 4.78 is 36.6. The highest BCUT2D eigenvalue weighted by molar-refractivity contribution is 7.89. The van der Waals surface area contributed by atoms with Crippen molar-refractivity contribution in [2.45, 2.75) is 11.8 Å². The molecule has 0 aliphatic rings. The van der Waals surface area contributed by atoms with Crippen LogP contribution in [0.25, 0.3) is 0 Å². The number of sulfonamides is 1. The molecule has 0 bridgehead atoms. The molecule has 0 saturated heterocycles. The maximum absolute atomic E-state index is 12.4. The second kappa shape index (κ2) is 7.43. The Morgan fingerprint density at radius 1 is 1.22 bits per heavy atom. The molecule has 1 aromatic heterocycles. The van der Waals surface area contributed by atoms with Gasteiger partial charge in [0, 0.05) is 19.7 Å². The highest BCUT2D eigenvalue weighted by Gasteiger charge is 2.21. The van der Waals surface area contributed by atoms with E-state index in [2.05, 4.69) is 4.98 Å². The van der Waals surface area contributed by atoms with E-state index < -0.39 is 10.0 Å². The number of ether oxygens (including phenoxy) is 2. The number of aryl methyl sites for hydroxylation is 1. The van der Waals surface area contributed by atoms with E-state index in [0.717, 1.165) is 11.3 Å². The summed E-state index contributed by atoms with van der Waals surface area (Å²) in [7, 11) is -0.601. The lowest BCUT2D eigenvalue weighted by molar-refractivity contribution is 0.286. The van der Waals surface area contributed by atoms with Crippen LogP contribution < -0.4 is 9.47 Å². The average Bonchev–Trinajstić information content (AvgIpc) is 2.55. The molecule has 2 rings (SSSR count). The lowest BCUT2D eigenvalue weighted by Crippen LogP contribution is -2.31. The molecule has 0 fully saturated rings. The topological polar surface area (TPSA) is 68.7 Å². The van der Waals surface area contributed by atoms with E-state index in [1.807, 2.05) is 31.2 Å². The molecular formula is C16H20N2O4S. The Morgan fingerprint density at radius 3 is 2.61 bits per heavy atom. The number of rotatable bonds is 7. The van der Waals surface area contributed by atoms with Crippen LogP contribution in [0.3, 0.4) is 0 Å². The van der Waals surface area contributed by atoms with Crippen LogP contribution in [0.1, 0.15) is 5.56 Å². The Hall–Kier alpha value is -2.12. The molecule has 1 heterocycles. The Bertz CT molecular complexity index is 745. The van der Waals surface area contributed by atoms with Gasteiger partial charge in [-0.2, -0.15) is 4.31 Å². The van der Waals surface area contributed by atoms with Crippen molar-refractivity contribution in [2.75, 3.05) is 27.3 Å². The van der Waals surface area contributed by atoms with Crippen LogP contribution >= 0.6 is 0 Å². The van der Waals surface area contributed by atoms with Gasteiger partial charge < -0.3 is 9.47 Å². The Labute approximate surface area is 136 Å². The fourth-order valence-electron chi connectivity index (χ4n) is 1.94. The average molecular weight is 336 g/mol. The van der Waals surface area contributed by atoms with E-state index in [1.165, 1.54) is 36.8 Å². The van der Waals surface area contributed by atoms with Crippen molar-refractivity contribution in [2.24, 2.45) is 0 Å². The molecule has 0 N–H and O–H groups in total. The van der Waals surface area contributed by atoms with Gasteiger partial charge in [-0.15, -0.1) is 0 Å². The SMILES string of the molecule is COc1ccc(S(=O)(=O)N(C)CCOc2cccc(C)c2)cn1. The zero-order valence-corrected chi connectivity index (χ0v) is 14.2. The molecule has 7 heteroatoms. The first-order chi connectivity index (χ1) is 10.9. The minimum Gasteiger partial charge on any atom is -0.492 e. The van der Waals surface area contributed by atoms with Crippen LogP contribution in [0.5, 0.6) is 11.6 Å². The summed E-state index contributed by atoms with van der Waals surface area (Å²) in [5.41, 5.74) is 1.09. The van der Waals surface area contributed by atoms with Gasteiger partial charge >= 0.3 is 0 Å². The Balaban J connectivity index is 1.96. The van der Waals surface area contributed by atoms with Gasteiger partial charge in [-0.1, -0.05) is 12.1 Å². The van der Waals surface area contributed by atoms with Gasteiger partial charge in [-0.3, -0.25) is 0 Å². The van der Waals surface area contributed by atoms with E-state index >= 15 is 0 Å². The number of nitrogens with zero attached hydrogens (tertiary/aromatic N) is 2. The molecule has 6 nitrogen and oxygen atoms in total. The zero-order chi connectivity index (χ0) is 16.9. The van der Waals surface area contributed by atoms with Gasteiger partial charge in [-0.05, 0) is 30.7 Å². The van der Waals surface area contributed by atoms with E-state index in [0.29, 0.717) is 5.88 Å². The lowest BCUT2D eigenvalue weighted by Gasteiger charge is -2.17. The molecule has 0 radical (unpaired) electrons. The standard InChI is InChI=1S/C16H20N2O4S/c1-13-5-4-6-14(11-13)22-10-9-18(2)23(19,20)15-7-8-16(21-3)17-12-15/h4-8,11-12H,9-10H2,1-3H3. The number of benzene rings is 1. The van der Waals surface area contributed by atoms with E-state index in [1.54, 1.807) is 0 Å². The molecular weight excluding hydrogens is 316 g/mol. The Morgan fingerprint density at radius 2 is 2.00 bits per heavy atom. The quantitative estimate of drug-likeness (QED) is 0.774. The summed E-state index contributed by atoms with van der Waals surface area (Å²) in [5.74, 6) is 1.09. The largest absolute Gasteiger partial charge is 0.492 e. The molecule has 0 spiro atoms. The van der Waals surface area contributed by atoms with Gasteiger partial charge in [-0.25, -0.2) is 13.4 Å². The first-order valence-corrected chi connectivity index (χ1v) is 8.53. The predicted molar refractivity (Wildman–Crippen MR) is 87.3 cm³/mol. The van der Waals surface area contributed by atoms with Crippen molar-refractivity contribution in [3.63, 3.8) is 0 Å². The third kappa shape index (κ3) is 4.43. The summed E-state index contributed by atoms with van der Waals surface area (Å²) >= 11 is 0. The molecule has 1 aromatic carbocycles. The van der Waals surface area contributed by atoms with Crippen LogP contribution in [0, 0.1) is 6.92 Å². The smallest absolute Gasteiger partial charge is 0.244 e. The Kier molecular flexibility index (Phi) is 5.57. The minimum atomic E-state index is -3.59. The summed E-state index contributed by atoms with van der Waals surface area (Å²) in [5, 5.41) is 0. The van der Waals surface area contributed by atoms with Crippen LogP contribution in [-0.2, 0) is 10.0 Å². The predicted octanol–water partition coefficient (Wildman–Crippen LogP) is 2.10. The lowest BCUT2D eigenvalue weighted by atomic mass is 10.2. The number of pyridine rings is 1. The van der Waals surface area contributed by atoms with Crippen molar-refractivity contribution in [3.05, 3.63) is 48.2 Å². The molecule has 0 aliphatic carbocycles. The van der Waals surface area contributed by atoms with E-state index in [-0.39, 0.29) is 18.0 Å². The summed E-state index contributed by atoms with van der Waals surface area (Å²) in [6.45, 7) is 2.48. The molecule has 23 heavy (non-hydrogen) atoms. The van der Waals surface area contributed by atoms with Crippen LogP contribution in [0.15, 0.2) is 47.5 Å². The molecule has 2 aromatic rings. The zero-order valence-electron chi connectivity index (χ0n) is 13.4. The van der Waals surface area contributed by atoms with Gasteiger partial charge in [0.15, 0.2) is 0 Å². The molecule has 0 atom stereocenters. The minimum absolute atomic E-state index is 0.122. The monoisotopic (exact) mass is 336 g/mol. The van der Waals surface area contributed by atoms with Gasteiger partial charge in [0.25, 0.3) is 0 Å². The summed E-state index contributed by atoms with van der Waals surface area (Å²) in [6.07, 6.45) is 1.28. The van der Waals surface area contributed by atoms with Crippen molar-refractivity contribution >= 4 is 10.0 Å². The third-order valence-electron chi connectivity index (χ3n) is 3.29. The van der Waals surface area contributed by atoms with Crippen molar-refractivity contribution in [1.82, 2.24) is 9.29 Å². The van der Waals surface area contributed by atoms with Gasteiger partial charge in [0.05, 0.1) is 13.3 Å². The fraction of sp³-hybridized carbons (Fsp3) is 0.312.